The third-order valence-electron chi connectivity index (χ3n) is 3.08. The van der Waals surface area contributed by atoms with Gasteiger partial charge in [0, 0.05) is 17.6 Å². The molecule has 0 heterocycles. The van der Waals surface area contributed by atoms with Crippen LogP contribution in [0.5, 0.6) is 0 Å². The van der Waals surface area contributed by atoms with Crippen molar-refractivity contribution >= 4 is 16.5 Å². The van der Waals surface area contributed by atoms with E-state index in [1.54, 1.807) is 0 Å². The number of fused-ring (bicyclic) bond motifs is 1. The van der Waals surface area contributed by atoms with E-state index >= 15 is 0 Å². The van der Waals surface area contributed by atoms with Crippen LogP contribution in [0.25, 0.3) is 10.8 Å². The van der Waals surface area contributed by atoms with Crippen LogP contribution in [0.4, 0.5) is 5.69 Å². The van der Waals surface area contributed by atoms with E-state index in [1.807, 2.05) is 18.2 Å². The Kier molecular flexibility index (Phi) is 6.53. The lowest BCUT2D eigenvalue weighted by atomic mass is 10.1. The van der Waals surface area contributed by atoms with Crippen LogP contribution in [0, 0.1) is 11.3 Å². The number of hydrogen-bond acceptors (Lipinski definition) is 4. The Morgan fingerprint density at radius 3 is 2.52 bits per heavy atom. The standard InChI is InChI=1S/C17H20N2O2/c18-9-4-11-20-13-14-21-12-10-19-17-8-3-6-15-5-1-2-7-16(15)17/h1-3,5-8,19H,4,10-14H2. The van der Waals surface area contributed by atoms with Crippen molar-refractivity contribution < 1.29 is 9.47 Å². The molecule has 0 unspecified atom stereocenters. The third kappa shape index (κ3) is 5.07. The molecule has 0 aromatic heterocycles. The number of anilines is 1. The lowest BCUT2D eigenvalue weighted by molar-refractivity contribution is 0.0538. The second-order valence-electron chi connectivity index (χ2n) is 4.59. The van der Waals surface area contributed by atoms with Gasteiger partial charge >= 0.3 is 0 Å². The van der Waals surface area contributed by atoms with Crippen LogP contribution < -0.4 is 5.32 Å². The Balaban J connectivity index is 1.65. The van der Waals surface area contributed by atoms with E-state index in [0.29, 0.717) is 32.8 Å². The largest absolute Gasteiger partial charge is 0.382 e. The lowest BCUT2D eigenvalue weighted by Crippen LogP contribution is -2.12. The normalized spacial score (nSPS) is 10.4. The van der Waals surface area contributed by atoms with E-state index in [9.17, 15) is 0 Å². The van der Waals surface area contributed by atoms with Gasteiger partial charge in [-0.05, 0) is 11.5 Å². The van der Waals surface area contributed by atoms with Crippen molar-refractivity contribution in [1.29, 1.82) is 5.26 Å². The maximum atomic E-state index is 8.35. The molecule has 0 spiro atoms. The number of ether oxygens (including phenoxy) is 2. The highest BCUT2D eigenvalue weighted by molar-refractivity contribution is 5.93. The number of nitrogens with zero attached hydrogens (tertiary/aromatic N) is 1. The average Bonchev–Trinajstić information content (AvgIpc) is 2.53. The van der Waals surface area contributed by atoms with Gasteiger partial charge in [-0.15, -0.1) is 0 Å². The van der Waals surface area contributed by atoms with Crippen molar-refractivity contribution in [2.24, 2.45) is 0 Å². The van der Waals surface area contributed by atoms with Crippen molar-refractivity contribution in [2.75, 3.05) is 38.3 Å². The minimum absolute atomic E-state index is 0.433. The predicted molar refractivity (Wildman–Crippen MR) is 84.3 cm³/mol. The van der Waals surface area contributed by atoms with Crippen molar-refractivity contribution in [1.82, 2.24) is 0 Å². The molecular formula is C17H20N2O2. The van der Waals surface area contributed by atoms with Crippen molar-refractivity contribution in [2.45, 2.75) is 6.42 Å². The zero-order chi connectivity index (χ0) is 14.8. The molecule has 110 valence electrons. The Morgan fingerprint density at radius 2 is 1.67 bits per heavy atom. The molecule has 2 rings (SSSR count). The number of nitrogens with one attached hydrogen (secondary N) is 1. The van der Waals surface area contributed by atoms with Gasteiger partial charge < -0.3 is 14.8 Å². The summed E-state index contributed by atoms with van der Waals surface area (Å²) >= 11 is 0. The number of nitriles is 1. The van der Waals surface area contributed by atoms with Crippen LogP contribution in [-0.4, -0.2) is 33.0 Å². The Labute approximate surface area is 125 Å². The number of rotatable bonds is 9. The summed E-state index contributed by atoms with van der Waals surface area (Å²) in [6, 6.07) is 16.6. The third-order valence-corrected chi connectivity index (χ3v) is 3.08. The SMILES string of the molecule is N#CCCOCCOCCNc1cccc2ccccc12. The van der Waals surface area contributed by atoms with Gasteiger partial charge in [0.15, 0.2) is 0 Å². The first-order chi connectivity index (χ1) is 10.4. The molecule has 0 saturated heterocycles. The van der Waals surface area contributed by atoms with Crippen LogP contribution >= 0.6 is 0 Å². The summed E-state index contributed by atoms with van der Waals surface area (Å²) in [4.78, 5) is 0. The topological polar surface area (TPSA) is 54.3 Å². The Morgan fingerprint density at radius 1 is 0.905 bits per heavy atom. The average molecular weight is 284 g/mol. The number of benzene rings is 2. The van der Waals surface area contributed by atoms with Gasteiger partial charge in [0.05, 0.1) is 38.9 Å². The summed E-state index contributed by atoms with van der Waals surface area (Å²) in [5.41, 5.74) is 1.13. The molecule has 0 amide bonds. The van der Waals surface area contributed by atoms with Crippen LogP contribution in [-0.2, 0) is 9.47 Å². The number of hydrogen-bond donors (Lipinski definition) is 1. The van der Waals surface area contributed by atoms with Gasteiger partial charge in [0.2, 0.25) is 0 Å². The summed E-state index contributed by atoms with van der Waals surface area (Å²) in [6.45, 7) is 2.96. The molecule has 0 bridgehead atoms. The smallest absolute Gasteiger partial charge is 0.0701 e. The molecule has 0 fully saturated rings. The van der Waals surface area contributed by atoms with E-state index in [2.05, 4.69) is 35.6 Å². The Hall–Kier alpha value is -2.09. The maximum absolute atomic E-state index is 8.35. The van der Waals surface area contributed by atoms with Gasteiger partial charge in [-0.3, -0.25) is 0 Å². The predicted octanol–water partition coefficient (Wildman–Crippen LogP) is 3.20. The molecule has 4 heteroatoms. The highest BCUT2D eigenvalue weighted by Gasteiger charge is 1.98. The first-order valence-electron chi connectivity index (χ1n) is 7.16. The van der Waals surface area contributed by atoms with E-state index < -0.39 is 0 Å². The van der Waals surface area contributed by atoms with Gasteiger partial charge in [-0.2, -0.15) is 5.26 Å². The summed E-state index contributed by atoms with van der Waals surface area (Å²) in [5, 5.41) is 14.2. The first-order valence-corrected chi connectivity index (χ1v) is 7.16. The molecule has 2 aromatic carbocycles. The van der Waals surface area contributed by atoms with Crippen molar-refractivity contribution in [3.8, 4) is 6.07 Å². The van der Waals surface area contributed by atoms with Gasteiger partial charge in [0.1, 0.15) is 0 Å². The van der Waals surface area contributed by atoms with E-state index in [-0.39, 0.29) is 0 Å². The molecule has 2 aromatic rings. The lowest BCUT2D eigenvalue weighted by Gasteiger charge is -2.10. The fourth-order valence-electron chi connectivity index (χ4n) is 2.08. The van der Waals surface area contributed by atoms with Crippen LogP contribution in [0.15, 0.2) is 42.5 Å². The summed E-state index contributed by atoms with van der Waals surface area (Å²) < 4.78 is 10.7. The summed E-state index contributed by atoms with van der Waals surface area (Å²) in [7, 11) is 0. The fraction of sp³-hybridized carbons (Fsp3) is 0.353. The van der Waals surface area contributed by atoms with Crippen LogP contribution in [0.2, 0.25) is 0 Å². The van der Waals surface area contributed by atoms with Gasteiger partial charge in [-0.1, -0.05) is 36.4 Å². The Bertz CT molecular complexity index is 587. The van der Waals surface area contributed by atoms with Crippen molar-refractivity contribution in [3.63, 3.8) is 0 Å². The van der Waals surface area contributed by atoms with Crippen LogP contribution in [0.3, 0.4) is 0 Å². The van der Waals surface area contributed by atoms with Gasteiger partial charge in [-0.25, -0.2) is 0 Å². The molecule has 21 heavy (non-hydrogen) atoms. The molecule has 0 saturated carbocycles. The molecule has 0 radical (unpaired) electrons. The monoisotopic (exact) mass is 284 g/mol. The van der Waals surface area contributed by atoms with E-state index in [4.69, 9.17) is 14.7 Å². The van der Waals surface area contributed by atoms with Gasteiger partial charge in [0.25, 0.3) is 0 Å². The summed E-state index contributed by atoms with van der Waals surface area (Å²) in [6.07, 6.45) is 0.433. The van der Waals surface area contributed by atoms with Crippen LogP contribution in [0.1, 0.15) is 6.42 Å². The highest BCUT2D eigenvalue weighted by Crippen LogP contribution is 2.22. The second-order valence-corrected chi connectivity index (χ2v) is 4.59. The summed E-state index contributed by atoms with van der Waals surface area (Å²) in [5.74, 6) is 0. The van der Waals surface area contributed by atoms with Crippen molar-refractivity contribution in [3.05, 3.63) is 42.5 Å². The zero-order valence-corrected chi connectivity index (χ0v) is 12.0. The highest BCUT2D eigenvalue weighted by atomic mass is 16.5. The minimum Gasteiger partial charge on any atom is -0.382 e. The molecule has 0 aliphatic heterocycles. The zero-order valence-electron chi connectivity index (χ0n) is 12.0. The molecule has 4 nitrogen and oxygen atoms in total. The molecule has 0 aliphatic rings. The molecular weight excluding hydrogens is 264 g/mol. The molecule has 0 aliphatic carbocycles. The molecule has 1 N–H and O–H groups in total. The molecule has 0 atom stereocenters. The van der Waals surface area contributed by atoms with E-state index in [1.165, 1.54) is 10.8 Å². The first kappa shape index (κ1) is 15.3. The van der Waals surface area contributed by atoms with E-state index in [0.717, 1.165) is 12.2 Å². The second kappa shape index (κ2) is 8.96. The quantitative estimate of drug-likeness (QED) is 0.718. The maximum Gasteiger partial charge on any atom is 0.0701 e. The fourth-order valence-corrected chi connectivity index (χ4v) is 2.08. The minimum atomic E-state index is 0.433.